The Morgan fingerprint density at radius 1 is 1.40 bits per heavy atom. The average molecular weight is 290 g/mol. The number of nitrogens with zero attached hydrogens (tertiary/aromatic N) is 1. The number of alkyl halides is 3. The number of aromatic amines is 1. The largest absolute Gasteiger partial charge is 0.395 e. The van der Waals surface area contributed by atoms with Gasteiger partial charge in [0.25, 0.3) is 5.91 Å². The molecule has 1 heterocycles. The Labute approximate surface area is 114 Å². The number of aromatic nitrogens is 2. The molecule has 1 aliphatic carbocycles. The molecule has 2 rings (SSSR count). The Morgan fingerprint density at radius 2 is 2.10 bits per heavy atom. The van der Waals surface area contributed by atoms with E-state index in [4.69, 9.17) is 5.73 Å². The van der Waals surface area contributed by atoms with Gasteiger partial charge in [-0.15, -0.1) is 0 Å². The van der Waals surface area contributed by atoms with Gasteiger partial charge in [0.1, 0.15) is 0 Å². The molecule has 8 heteroatoms. The molecule has 112 valence electrons. The van der Waals surface area contributed by atoms with Crippen molar-refractivity contribution in [1.29, 1.82) is 0 Å². The van der Waals surface area contributed by atoms with Gasteiger partial charge in [0.15, 0.2) is 5.69 Å². The summed E-state index contributed by atoms with van der Waals surface area (Å²) in [5.74, 6) is -0.0894. The van der Waals surface area contributed by atoms with E-state index in [1.165, 1.54) is 0 Å². The van der Waals surface area contributed by atoms with Crippen LogP contribution in [0.4, 0.5) is 18.9 Å². The van der Waals surface area contributed by atoms with Crippen molar-refractivity contribution in [2.75, 3.05) is 12.3 Å². The van der Waals surface area contributed by atoms with Gasteiger partial charge in [0.05, 0.1) is 11.4 Å². The summed E-state index contributed by atoms with van der Waals surface area (Å²) >= 11 is 0. The third kappa shape index (κ3) is 3.88. The van der Waals surface area contributed by atoms with Gasteiger partial charge in [-0.3, -0.25) is 9.89 Å². The van der Waals surface area contributed by atoms with E-state index in [1.54, 1.807) is 0 Å². The van der Waals surface area contributed by atoms with E-state index >= 15 is 0 Å². The van der Waals surface area contributed by atoms with Gasteiger partial charge < -0.3 is 11.1 Å². The zero-order chi connectivity index (χ0) is 14.8. The fourth-order valence-electron chi connectivity index (χ4n) is 1.96. The van der Waals surface area contributed by atoms with Crippen LogP contribution in [-0.4, -0.2) is 28.8 Å². The van der Waals surface area contributed by atoms with E-state index in [0.717, 1.165) is 18.5 Å². The lowest BCUT2D eigenvalue weighted by Gasteiger charge is -2.06. The first-order chi connectivity index (χ1) is 9.38. The predicted molar refractivity (Wildman–Crippen MR) is 67.2 cm³/mol. The third-order valence-corrected chi connectivity index (χ3v) is 3.21. The molecule has 0 radical (unpaired) electrons. The molecule has 1 aromatic heterocycles. The number of nitrogens with one attached hydrogen (secondary N) is 2. The number of amides is 1. The number of hydrogen-bond donors (Lipinski definition) is 3. The maximum absolute atomic E-state index is 11.9. The topological polar surface area (TPSA) is 83.8 Å². The summed E-state index contributed by atoms with van der Waals surface area (Å²) in [6.45, 7) is 0.181. The summed E-state index contributed by atoms with van der Waals surface area (Å²) in [6, 6.07) is 0. The number of anilines is 1. The summed E-state index contributed by atoms with van der Waals surface area (Å²) in [6.07, 6.45) is -2.65. The molecule has 1 aliphatic rings. The first-order valence-corrected chi connectivity index (χ1v) is 6.57. The van der Waals surface area contributed by atoms with E-state index in [9.17, 15) is 18.0 Å². The summed E-state index contributed by atoms with van der Waals surface area (Å²) in [5, 5.41) is 9.16. The van der Waals surface area contributed by atoms with Gasteiger partial charge in [-0.2, -0.15) is 18.3 Å². The van der Waals surface area contributed by atoms with Crippen LogP contribution in [0.1, 0.15) is 54.2 Å². The molecule has 5 nitrogen and oxygen atoms in total. The number of halogens is 3. The zero-order valence-corrected chi connectivity index (χ0v) is 10.9. The summed E-state index contributed by atoms with van der Waals surface area (Å²) < 4.78 is 35.8. The smallest absolute Gasteiger partial charge is 0.389 e. The molecule has 0 aliphatic heterocycles. The number of rotatable bonds is 6. The molecule has 20 heavy (non-hydrogen) atoms. The minimum atomic E-state index is -4.14. The van der Waals surface area contributed by atoms with Crippen molar-refractivity contribution in [3.63, 3.8) is 0 Å². The molecule has 4 N–H and O–H groups in total. The zero-order valence-electron chi connectivity index (χ0n) is 10.9. The Balaban J connectivity index is 1.75. The first-order valence-electron chi connectivity index (χ1n) is 6.57. The number of hydrogen-bond acceptors (Lipinski definition) is 3. The lowest BCUT2D eigenvalue weighted by Crippen LogP contribution is -2.26. The van der Waals surface area contributed by atoms with Crippen LogP contribution in [0.25, 0.3) is 0 Å². The highest BCUT2D eigenvalue weighted by atomic mass is 19.4. The van der Waals surface area contributed by atoms with Crippen molar-refractivity contribution in [2.45, 2.75) is 44.2 Å². The highest BCUT2D eigenvalue weighted by Gasteiger charge is 2.30. The molecule has 1 amide bonds. The van der Waals surface area contributed by atoms with Gasteiger partial charge in [-0.25, -0.2) is 0 Å². The van der Waals surface area contributed by atoms with Crippen LogP contribution < -0.4 is 11.1 Å². The molecule has 0 bridgehead atoms. The molecule has 1 fully saturated rings. The van der Waals surface area contributed by atoms with Crippen molar-refractivity contribution in [3.05, 3.63) is 11.4 Å². The van der Waals surface area contributed by atoms with E-state index in [-0.39, 0.29) is 25.1 Å². The quantitative estimate of drug-likeness (QED) is 0.703. The molecule has 0 atom stereocenters. The fraction of sp³-hybridized carbons (Fsp3) is 0.667. The van der Waals surface area contributed by atoms with Gasteiger partial charge in [-0.1, -0.05) is 0 Å². The Kier molecular flexibility index (Phi) is 4.20. The molecular weight excluding hydrogens is 273 g/mol. The van der Waals surface area contributed by atoms with E-state index in [1.807, 2.05) is 0 Å². The number of nitrogens with two attached hydrogens (primary N) is 1. The SMILES string of the molecule is Nc1c(C(=O)NCCCCC(F)(F)F)n[nH]c1C1CC1. The van der Waals surface area contributed by atoms with Gasteiger partial charge in [-0.05, 0) is 25.7 Å². The maximum Gasteiger partial charge on any atom is 0.389 e. The summed E-state index contributed by atoms with van der Waals surface area (Å²) in [4.78, 5) is 11.8. The van der Waals surface area contributed by atoms with Crippen molar-refractivity contribution in [2.24, 2.45) is 0 Å². The minimum absolute atomic E-state index is 0.00679. The van der Waals surface area contributed by atoms with Crippen LogP contribution in [0, 0.1) is 0 Å². The number of carbonyl (C=O) groups excluding carboxylic acids is 1. The summed E-state index contributed by atoms with van der Waals surface area (Å²) in [7, 11) is 0. The van der Waals surface area contributed by atoms with Crippen LogP contribution in [0.3, 0.4) is 0 Å². The molecule has 1 aromatic rings. The van der Waals surface area contributed by atoms with Crippen molar-refractivity contribution in [1.82, 2.24) is 15.5 Å². The van der Waals surface area contributed by atoms with Crippen LogP contribution in [-0.2, 0) is 0 Å². The normalized spacial score (nSPS) is 15.3. The Hall–Kier alpha value is -1.73. The molecule has 0 aromatic carbocycles. The summed E-state index contributed by atoms with van der Waals surface area (Å²) in [5.41, 5.74) is 7.09. The number of unbranched alkanes of at least 4 members (excludes halogenated alkanes) is 1. The Bertz CT molecular complexity index is 480. The highest BCUT2D eigenvalue weighted by Crippen LogP contribution is 2.42. The molecule has 0 saturated heterocycles. The molecule has 1 saturated carbocycles. The average Bonchev–Trinajstić information content (AvgIpc) is 3.11. The second-order valence-corrected chi connectivity index (χ2v) is 5.00. The maximum atomic E-state index is 11.9. The molecule has 0 spiro atoms. The fourth-order valence-corrected chi connectivity index (χ4v) is 1.96. The van der Waals surface area contributed by atoms with E-state index in [2.05, 4.69) is 15.5 Å². The lowest BCUT2D eigenvalue weighted by atomic mass is 10.2. The van der Waals surface area contributed by atoms with Crippen molar-refractivity contribution >= 4 is 11.6 Å². The van der Waals surface area contributed by atoms with Gasteiger partial charge in [0, 0.05) is 18.9 Å². The minimum Gasteiger partial charge on any atom is -0.395 e. The van der Waals surface area contributed by atoms with Crippen molar-refractivity contribution in [3.8, 4) is 0 Å². The van der Waals surface area contributed by atoms with E-state index < -0.39 is 18.5 Å². The van der Waals surface area contributed by atoms with Crippen molar-refractivity contribution < 1.29 is 18.0 Å². The lowest BCUT2D eigenvalue weighted by molar-refractivity contribution is -0.135. The Morgan fingerprint density at radius 3 is 2.70 bits per heavy atom. The second kappa shape index (κ2) is 5.72. The van der Waals surface area contributed by atoms with Gasteiger partial charge in [0.2, 0.25) is 0 Å². The molecular formula is C12H17F3N4O. The molecule has 0 unspecified atom stereocenters. The first kappa shape index (κ1) is 14.7. The van der Waals surface area contributed by atoms with E-state index in [0.29, 0.717) is 11.6 Å². The van der Waals surface area contributed by atoms with Crippen LogP contribution in [0.2, 0.25) is 0 Å². The number of H-pyrrole nitrogens is 1. The number of carbonyl (C=O) groups is 1. The van der Waals surface area contributed by atoms with Crippen LogP contribution in [0.5, 0.6) is 0 Å². The highest BCUT2D eigenvalue weighted by molar-refractivity contribution is 5.97. The third-order valence-electron chi connectivity index (χ3n) is 3.21. The second-order valence-electron chi connectivity index (χ2n) is 5.00. The van der Waals surface area contributed by atoms with Crippen LogP contribution in [0.15, 0.2) is 0 Å². The van der Waals surface area contributed by atoms with Gasteiger partial charge >= 0.3 is 6.18 Å². The predicted octanol–water partition coefficient (Wildman–Crippen LogP) is 2.33. The van der Waals surface area contributed by atoms with Crippen LogP contribution >= 0.6 is 0 Å². The standard InChI is InChI=1S/C12H17F3N4O/c13-12(14,15)5-1-2-6-17-11(20)10-8(16)9(18-19-10)7-3-4-7/h7H,1-6,16H2,(H,17,20)(H,18,19). The monoisotopic (exact) mass is 290 g/mol. The number of nitrogen functional groups attached to an aromatic ring is 1.